The summed E-state index contributed by atoms with van der Waals surface area (Å²) in [5.74, 6) is 1.20. The Balaban J connectivity index is 2.62. The van der Waals surface area contributed by atoms with Crippen LogP contribution in [-0.2, 0) is 0 Å². The summed E-state index contributed by atoms with van der Waals surface area (Å²) in [7, 11) is 7.39. The fourth-order valence-electron chi connectivity index (χ4n) is 0.770. The molecule has 5 heteroatoms. The Bertz CT molecular complexity index is 156. The second-order valence-electron chi connectivity index (χ2n) is 2.59. The second-order valence-corrected chi connectivity index (χ2v) is 2.59. The summed E-state index contributed by atoms with van der Waals surface area (Å²) in [6.07, 6.45) is 0. The van der Waals surface area contributed by atoms with Crippen LogP contribution in [0, 0.1) is 5.92 Å². The fourth-order valence-corrected chi connectivity index (χ4v) is 0.770. The van der Waals surface area contributed by atoms with Crippen LogP contribution in [0.4, 0.5) is 0 Å². The minimum atomic E-state index is 0.349. The zero-order valence-corrected chi connectivity index (χ0v) is 6.50. The molecule has 2 radical (unpaired) electrons. The molecule has 0 aromatic carbocycles. The molecule has 0 fully saturated rings. The van der Waals surface area contributed by atoms with E-state index in [4.69, 9.17) is 7.98 Å². The number of hydrogen-bond donors (Lipinski definition) is 1. The van der Waals surface area contributed by atoms with Crippen LogP contribution >= 0.6 is 0 Å². The highest BCUT2D eigenvalue weighted by Gasteiger charge is 2.19. The Kier molecular flexibility index (Phi) is 1.85. The second kappa shape index (κ2) is 2.50. The van der Waals surface area contributed by atoms with E-state index in [1.54, 1.807) is 12.2 Å². The Hall–Kier alpha value is -0.705. The molecular weight excluding hydrogens is 127 g/mol. The molecule has 0 bridgehead atoms. The fraction of sp³-hybridized carbons (Fsp3) is 0.800. The van der Waals surface area contributed by atoms with Gasteiger partial charge < -0.3 is 4.92 Å². The summed E-state index contributed by atoms with van der Waals surface area (Å²) in [5, 5.41) is 5.61. The molecule has 0 aromatic heterocycles. The van der Waals surface area contributed by atoms with Crippen molar-refractivity contribution >= 4 is 13.8 Å². The van der Waals surface area contributed by atoms with Crippen LogP contribution in [0.3, 0.4) is 0 Å². The number of amidine groups is 1. The highest BCUT2D eigenvalue weighted by atomic mass is 15.9. The maximum absolute atomic E-state index is 5.59. The average molecular weight is 138 g/mol. The molecule has 0 aliphatic carbocycles. The van der Waals surface area contributed by atoms with Gasteiger partial charge in [-0.25, -0.2) is 5.53 Å². The van der Waals surface area contributed by atoms with Crippen molar-refractivity contribution in [2.24, 2.45) is 11.0 Å². The minimum Gasteiger partial charge on any atom is -0.333 e. The highest BCUT2D eigenvalue weighted by molar-refractivity contribution is 6.15. The first-order valence-corrected chi connectivity index (χ1v) is 3.24. The molecule has 4 nitrogen and oxygen atoms in total. The van der Waals surface area contributed by atoms with E-state index in [1.807, 2.05) is 13.8 Å². The molecule has 0 spiro atoms. The molecule has 1 aliphatic heterocycles. The van der Waals surface area contributed by atoms with Gasteiger partial charge in [0.05, 0.1) is 0 Å². The monoisotopic (exact) mass is 138 g/mol. The third-order valence-electron chi connectivity index (χ3n) is 1.38. The van der Waals surface area contributed by atoms with Crippen molar-refractivity contribution in [3.05, 3.63) is 0 Å². The van der Waals surface area contributed by atoms with Gasteiger partial charge in [0.1, 0.15) is 5.84 Å². The summed E-state index contributed by atoms with van der Waals surface area (Å²) >= 11 is 0. The van der Waals surface area contributed by atoms with Crippen LogP contribution in [0.5, 0.6) is 0 Å². The maximum Gasteiger partial charge on any atom is 0.258 e. The van der Waals surface area contributed by atoms with Gasteiger partial charge >= 0.3 is 0 Å². The highest BCUT2D eigenvalue weighted by Crippen LogP contribution is 2.05. The van der Waals surface area contributed by atoms with Gasteiger partial charge in [-0.1, -0.05) is 13.8 Å². The van der Waals surface area contributed by atoms with Gasteiger partial charge in [-0.15, -0.1) is 10.2 Å². The van der Waals surface area contributed by atoms with E-state index in [0.29, 0.717) is 5.92 Å². The van der Waals surface area contributed by atoms with E-state index < -0.39 is 0 Å². The quantitative estimate of drug-likeness (QED) is 0.505. The maximum atomic E-state index is 5.59. The SMILES string of the molecule is [B]N1C(C(C)C)=NNN1C. The number of hydrogen-bond acceptors (Lipinski definition) is 4. The number of nitrogens with zero attached hydrogens (tertiary/aromatic N) is 3. The molecule has 10 heavy (non-hydrogen) atoms. The minimum absolute atomic E-state index is 0.349. The summed E-state index contributed by atoms with van der Waals surface area (Å²) in [4.78, 5) is 1.49. The first-order valence-electron chi connectivity index (χ1n) is 3.24. The molecule has 0 amide bonds. The van der Waals surface area contributed by atoms with Crippen LogP contribution in [0.2, 0.25) is 0 Å². The van der Waals surface area contributed by atoms with Crippen molar-refractivity contribution in [2.75, 3.05) is 7.05 Å². The van der Waals surface area contributed by atoms with Crippen LogP contribution in [-0.4, -0.2) is 30.9 Å². The van der Waals surface area contributed by atoms with Gasteiger partial charge in [0, 0.05) is 13.0 Å². The average Bonchev–Trinajstić information content (AvgIpc) is 2.14. The molecule has 1 aliphatic rings. The first kappa shape index (κ1) is 7.40. The van der Waals surface area contributed by atoms with E-state index >= 15 is 0 Å². The van der Waals surface area contributed by atoms with E-state index in [2.05, 4.69) is 10.6 Å². The molecule has 54 valence electrons. The van der Waals surface area contributed by atoms with Gasteiger partial charge in [0.2, 0.25) is 0 Å². The van der Waals surface area contributed by atoms with Gasteiger partial charge in [-0.2, -0.15) is 0 Å². The van der Waals surface area contributed by atoms with Crippen molar-refractivity contribution in [1.82, 2.24) is 15.6 Å². The lowest BCUT2D eigenvalue weighted by Crippen LogP contribution is -2.41. The molecule has 1 N–H and O–H groups in total. The normalized spacial score (nSPS) is 19.6. The van der Waals surface area contributed by atoms with Crippen LogP contribution in [0.15, 0.2) is 5.10 Å². The molecule has 0 atom stereocenters. The lowest BCUT2D eigenvalue weighted by atomic mass is 10.1. The summed E-state index contributed by atoms with van der Waals surface area (Å²) in [5.41, 5.74) is 2.72. The third kappa shape index (κ3) is 1.09. The number of nitrogens with one attached hydrogen (secondary N) is 1. The van der Waals surface area contributed by atoms with Crippen LogP contribution < -0.4 is 5.53 Å². The summed E-state index contributed by atoms with van der Waals surface area (Å²) in [6.45, 7) is 4.08. The number of hydrazine groups is 2. The zero-order valence-electron chi connectivity index (χ0n) is 6.50. The Morgan fingerprint density at radius 2 is 2.20 bits per heavy atom. The topological polar surface area (TPSA) is 30.9 Å². The van der Waals surface area contributed by atoms with Crippen LogP contribution in [0.1, 0.15) is 13.8 Å². The van der Waals surface area contributed by atoms with Gasteiger partial charge in [-0.3, -0.25) is 0 Å². The van der Waals surface area contributed by atoms with Gasteiger partial charge in [0.15, 0.2) is 0 Å². The smallest absolute Gasteiger partial charge is 0.258 e. The lowest BCUT2D eigenvalue weighted by Gasteiger charge is -2.23. The van der Waals surface area contributed by atoms with Crippen molar-refractivity contribution in [1.29, 1.82) is 0 Å². The molecule has 0 aromatic rings. The van der Waals surface area contributed by atoms with E-state index in [9.17, 15) is 0 Å². The molecule has 0 saturated carbocycles. The van der Waals surface area contributed by atoms with Crippen LogP contribution in [0.25, 0.3) is 0 Å². The zero-order chi connectivity index (χ0) is 7.72. The van der Waals surface area contributed by atoms with Crippen molar-refractivity contribution in [3.63, 3.8) is 0 Å². The third-order valence-corrected chi connectivity index (χ3v) is 1.38. The Labute approximate surface area is 62.2 Å². The van der Waals surface area contributed by atoms with Crippen molar-refractivity contribution < 1.29 is 0 Å². The van der Waals surface area contributed by atoms with E-state index in [1.165, 1.54) is 4.92 Å². The standard InChI is InChI=1S/C5H11BN4/c1-4(2)5-7-8-9(3)10(5)6/h4,8H,1-3H3. The molecule has 0 unspecified atom stereocenters. The van der Waals surface area contributed by atoms with E-state index in [0.717, 1.165) is 5.84 Å². The van der Waals surface area contributed by atoms with Gasteiger partial charge in [-0.05, 0) is 0 Å². The van der Waals surface area contributed by atoms with Crippen molar-refractivity contribution in [3.8, 4) is 0 Å². The molecule has 0 saturated heterocycles. The lowest BCUT2D eigenvalue weighted by molar-refractivity contribution is 0.125. The van der Waals surface area contributed by atoms with Gasteiger partial charge in [0.25, 0.3) is 7.98 Å². The Morgan fingerprint density at radius 1 is 1.60 bits per heavy atom. The summed E-state index contributed by atoms with van der Waals surface area (Å²) < 4.78 is 0. The predicted molar refractivity (Wildman–Crippen MR) is 40.8 cm³/mol. The number of rotatable bonds is 1. The molecule has 1 rings (SSSR count). The van der Waals surface area contributed by atoms with E-state index in [-0.39, 0.29) is 0 Å². The van der Waals surface area contributed by atoms with Crippen molar-refractivity contribution in [2.45, 2.75) is 13.8 Å². The Morgan fingerprint density at radius 3 is 2.40 bits per heavy atom. The first-order chi connectivity index (χ1) is 4.63. The largest absolute Gasteiger partial charge is 0.333 e. The number of hydrazone groups is 1. The summed E-state index contributed by atoms with van der Waals surface area (Å²) in [6, 6.07) is 0. The predicted octanol–water partition coefficient (Wildman–Crippen LogP) is -0.294. The molecule has 1 heterocycles. The molecular formula is C5H11BN4.